The largest absolute Gasteiger partial charge is 0.243 e. The second kappa shape index (κ2) is 6.56. The molecule has 0 heterocycles. The van der Waals surface area contributed by atoms with Crippen LogP contribution in [-0.4, -0.2) is 19.8 Å². The highest BCUT2D eigenvalue weighted by Crippen LogP contribution is 2.23. The van der Waals surface area contributed by atoms with Crippen molar-refractivity contribution in [1.82, 2.24) is 4.31 Å². The predicted octanol–water partition coefficient (Wildman–Crippen LogP) is 3.39. The maximum Gasteiger partial charge on any atom is 0.243 e. The number of sulfonamides is 1. The van der Waals surface area contributed by atoms with Gasteiger partial charge in [0.1, 0.15) is 5.82 Å². The summed E-state index contributed by atoms with van der Waals surface area (Å²) in [6.07, 6.45) is 0. The highest BCUT2D eigenvalue weighted by molar-refractivity contribution is 7.89. The van der Waals surface area contributed by atoms with Gasteiger partial charge in [0, 0.05) is 19.5 Å². The smallest absolute Gasteiger partial charge is 0.207 e. The first-order valence-corrected chi connectivity index (χ1v) is 8.27. The molecule has 0 saturated carbocycles. The van der Waals surface area contributed by atoms with E-state index in [1.54, 1.807) is 0 Å². The molecule has 112 valence electrons. The lowest BCUT2D eigenvalue weighted by atomic mass is 10.2. The third-order valence-corrected chi connectivity index (χ3v) is 5.28. The summed E-state index contributed by atoms with van der Waals surface area (Å²) in [6.45, 7) is 0.210. The normalized spacial score (nSPS) is 11.8. The molecule has 0 radical (unpaired) electrons. The Bertz CT molecular complexity index is 720. The molecule has 0 fully saturated rings. The second-order valence-corrected chi connectivity index (χ2v) is 6.91. The van der Waals surface area contributed by atoms with Crippen LogP contribution in [0.5, 0.6) is 0 Å². The maximum absolute atomic E-state index is 13.4. The van der Waals surface area contributed by atoms with Gasteiger partial charge in [-0.25, -0.2) is 12.8 Å². The van der Waals surface area contributed by atoms with Crippen molar-refractivity contribution in [3.63, 3.8) is 0 Å². The van der Waals surface area contributed by atoms with Gasteiger partial charge in [0.05, 0.1) is 4.90 Å². The van der Waals surface area contributed by atoms with E-state index >= 15 is 0 Å². The van der Waals surface area contributed by atoms with E-state index in [4.69, 9.17) is 11.6 Å². The quantitative estimate of drug-likeness (QED) is 0.789. The van der Waals surface area contributed by atoms with Gasteiger partial charge < -0.3 is 0 Å². The van der Waals surface area contributed by atoms with Gasteiger partial charge in [-0.05, 0) is 23.3 Å². The van der Waals surface area contributed by atoms with Crippen LogP contribution in [0.25, 0.3) is 0 Å². The van der Waals surface area contributed by atoms with Crippen LogP contribution in [0.2, 0.25) is 0 Å². The second-order valence-electron chi connectivity index (χ2n) is 4.63. The molecular formula is C15H15ClFNO2S. The van der Waals surface area contributed by atoms with Gasteiger partial charge in [0.2, 0.25) is 10.0 Å². The molecule has 6 heteroatoms. The molecule has 2 rings (SSSR count). The van der Waals surface area contributed by atoms with Crippen molar-refractivity contribution in [2.45, 2.75) is 17.3 Å². The van der Waals surface area contributed by atoms with Crippen molar-refractivity contribution in [1.29, 1.82) is 0 Å². The highest BCUT2D eigenvalue weighted by atomic mass is 35.5. The fourth-order valence-corrected chi connectivity index (χ4v) is 3.67. The van der Waals surface area contributed by atoms with Crippen molar-refractivity contribution >= 4 is 21.6 Å². The summed E-state index contributed by atoms with van der Waals surface area (Å²) in [4.78, 5) is -0.0871. The Labute approximate surface area is 129 Å². The van der Waals surface area contributed by atoms with Gasteiger partial charge in [0.25, 0.3) is 0 Å². The fourth-order valence-electron chi connectivity index (χ4n) is 1.97. The molecule has 2 aromatic carbocycles. The van der Waals surface area contributed by atoms with Gasteiger partial charge in [0.15, 0.2) is 0 Å². The summed E-state index contributed by atoms with van der Waals surface area (Å²) < 4.78 is 39.7. The van der Waals surface area contributed by atoms with Crippen molar-refractivity contribution in [3.8, 4) is 0 Å². The van der Waals surface area contributed by atoms with Crippen LogP contribution in [0.3, 0.4) is 0 Å². The molecule has 0 aliphatic carbocycles. The van der Waals surface area contributed by atoms with Crippen LogP contribution >= 0.6 is 11.6 Å². The van der Waals surface area contributed by atoms with E-state index < -0.39 is 15.8 Å². The van der Waals surface area contributed by atoms with Crippen LogP contribution in [0.1, 0.15) is 11.1 Å². The molecule has 21 heavy (non-hydrogen) atoms. The van der Waals surface area contributed by atoms with Gasteiger partial charge in [-0.1, -0.05) is 36.4 Å². The Morgan fingerprint density at radius 2 is 1.81 bits per heavy atom. The van der Waals surface area contributed by atoms with Crippen molar-refractivity contribution < 1.29 is 12.8 Å². The average molecular weight is 328 g/mol. The molecule has 3 nitrogen and oxygen atoms in total. The van der Waals surface area contributed by atoms with Crippen LogP contribution in [0.15, 0.2) is 53.4 Å². The lowest BCUT2D eigenvalue weighted by Crippen LogP contribution is -2.27. The molecule has 0 amide bonds. The molecule has 0 spiro atoms. The molecule has 0 aliphatic rings. The molecule has 2 aromatic rings. The topological polar surface area (TPSA) is 37.4 Å². The van der Waals surface area contributed by atoms with Gasteiger partial charge in [-0.15, -0.1) is 11.6 Å². The average Bonchev–Trinajstić information content (AvgIpc) is 2.48. The SMILES string of the molecule is CN(Cc1ccccc1)S(=O)(=O)c1cc(F)ccc1CCl. The van der Waals surface area contributed by atoms with E-state index in [1.807, 2.05) is 30.3 Å². The van der Waals surface area contributed by atoms with Gasteiger partial charge in [-0.3, -0.25) is 0 Å². The highest BCUT2D eigenvalue weighted by Gasteiger charge is 2.24. The minimum absolute atomic E-state index is 0.00796. The van der Waals surface area contributed by atoms with Crippen LogP contribution in [0.4, 0.5) is 4.39 Å². The number of nitrogens with zero attached hydrogens (tertiary/aromatic N) is 1. The molecule has 0 aromatic heterocycles. The predicted molar refractivity (Wildman–Crippen MR) is 81.1 cm³/mol. The first kappa shape index (κ1) is 15.9. The molecule has 0 N–H and O–H groups in total. The summed E-state index contributed by atoms with van der Waals surface area (Å²) in [5.41, 5.74) is 1.24. The molecule has 0 unspecified atom stereocenters. The molecule has 0 saturated heterocycles. The Balaban J connectivity index is 2.35. The van der Waals surface area contributed by atoms with Crippen molar-refractivity contribution in [2.24, 2.45) is 0 Å². The van der Waals surface area contributed by atoms with Crippen molar-refractivity contribution in [3.05, 3.63) is 65.5 Å². The number of hydrogen-bond donors (Lipinski definition) is 0. The van der Waals surface area contributed by atoms with E-state index in [1.165, 1.54) is 23.5 Å². The summed E-state index contributed by atoms with van der Waals surface area (Å²) in [6, 6.07) is 12.8. The lowest BCUT2D eigenvalue weighted by Gasteiger charge is -2.19. The summed E-state index contributed by atoms with van der Waals surface area (Å²) >= 11 is 5.75. The molecule has 0 bridgehead atoms. The third-order valence-electron chi connectivity index (χ3n) is 3.11. The third kappa shape index (κ3) is 3.61. The minimum Gasteiger partial charge on any atom is -0.207 e. The zero-order chi connectivity index (χ0) is 15.5. The zero-order valence-electron chi connectivity index (χ0n) is 11.5. The summed E-state index contributed by atoms with van der Waals surface area (Å²) in [5, 5.41) is 0. The van der Waals surface area contributed by atoms with E-state index in [0.717, 1.165) is 11.6 Å². The van der Waals surface area contributed by atoms with Gasteiger partial charge in [-0.2, -0.15) is 4.31 Å². The number of hydrogen-bond acceptors (Lipinski definition) is 2. The van der Waals surface area contributed by atoms with Crippen LogP contribution in [0, 0.1) is 5.82 Å². The number of halogens is 2. The summed E-state index contributed by atoms with van der Waals surface area (Å²) in [5.74, 6) is -0.593. The Morgan fingerprint density at radius 3 is 2.43 bits per heavy atom. The van der Waals surface area contributed by atoms with Crippen molar-refractivity contribution in [2.75, 3.05) is 7.05 Å². The van der Waals surface area contributed by atoms with Gasteiger partial charge >= 0.3 is 0 Å². The monoisotopic (exact) mass is 327 g/mol. The Morgan fingerprint density at radius 1 is 1.14 bits per heavy atom. The van der Waals surface area contributed by atoms with Crippen LogP contribution in [-0.2, 0) is 22.4 Å². The number of alkyl halides is 1. The maximum atomic E-state index is 13.4. The Hall–Kier alpha value is -1.43. The van der Waals surface area contributed by atoms with Crippen LogP contribution < -0.4 is 0 Å². The van der Waals surface area contributed by atoms with E-state index in [2.05, 4.69) is 0 Å². The first-order valence-electron chi connectivity index (χ1n) is 6.30. The Kier molecular flexibility index (Phi) is 4.98. The molecule has 0 aliphatic heterocycles. The number of benzene rings is 2. The number of rotatable bonds is 5. The fraction of sp³-hybridized carbons (Fsp3) is 0.200. The first-order chi connectivity index (χ1) is 9.95. The zero-order valence-corrected chi connectivity index (χ0v) is 13.0. The molecular weight excluding hydrogens is 313 g/mol. The standard InChI is InChI=1S/C15H15ClFNO2S/c1-18(11-12-5-3-2-4-6-12)21(19,20)15-9-14(17)8-7-13(15)10-16/h2-9H,10-11H2,1H3. The summed E-state index contributed by atoms with van der Waals surface area (Å²) in [7, 11) is -2.33. The minimum atomic E-state index is -3.79. The van der Waals surface area contributed by atoms with E-state index in [9.17, 15) is 12.8 Å². The van der Waals surface area contributed by atoms with E-state index in [0.29, 0.717) is 5.56 Å². The van der Waals surface area contributed by atoms with E-state index in [-0.39, 0.29) is 17.3 Å². The lowest BCUT2D eigenvalue weighted by molar-refractivity contribution is 0.465. The molecule has 0 atom stereocenters.